The van der Waals surface area contributed by atoms with Crippen LogP contribution in [0.1, 0.15) is 22.8 Å². The van der Waals surface area contributed by atoms with Crippen molar-refractivity contribution in [1.82, 2.24) is 19.7 Å². The van der Waals surface area contributed by atoms with Gasteiger partial charge in [0.05, 0.1) is 5.69 Å². The average Bonchev–Trinajstić information content (AvgIpc) is 2.48. The van der Waals surface area contributed by atoms with Crippen LogP contribution in [0.2, 0.25) is 0 Å². The molecule has 2 rings (SSSR count). The van der Waals surface area contributed by atoms with Crippen LogP contribution < -0.4 is 0 Å². The van der Waals surface area contributed by atoms with Crippen LogP contribution in [0.4, 0.5) is 0 Å². The minimum Gasteiger partial charge on any atom is -0.262 e. The lowest BCUT2D eigenvalue weighted by Gasteiger charge is -2.02. The summed E-state index contributed by atoms with van der Waals surface area (Å²) in [6.45, 7) is 6.81. The second-order valence-corrected chi connectivity index (χ2v) is 3.62. The van der Waals surface area contributed by atoms with Gasteiger partial charge >= 0.3 is 0 Å². The van der Waals surface area contributed by atoms with Gasteiger partial charge in [0, 0.05) is 18.1 Å². The third-order valence-corrected chi connectivity index (χ3v) is 2.65. The molecular weight excluding hydrogens is 188 g/mol. The fourth-order valence-corrected chi connectivity index (χ4v) is 1.49. The predicted molar refractivity (Wildman–Crippen MR) is 57.6 cm³/mol. The zero-order chi connectivity index (χ0) is 10.8. The Morgan fingerprint density at radius 2 is 1.80 bits per heavy atom. The molecule has 0 bridgehead atoms. The minimum absolute atomic E-state index is 0.640. The van der Waals surface area contributed by atoms with Crippen molar-refractivity contribution in [2.45, 2.75) is 27.3 Å². The molecule has 0 unspecified atom stereocenters. The number of rotatable bonds is 2. The van der Waals surface area contributed by atoms with E-state index in [0.717, 1.165) is 11.5 Å². The van der Waals surface area contributed by atoms with E-state index < -0.39 is 0 Å². The van der Waals surface area contributed by atoms with Crippen molar-refractivity contribution in [3.63, 3.8) is 0 Å². The molecule has 0 saturated heterocycles. The highest BCUT2D eigenvalue weighted by Gasteiger charge is 2.07. The molecular formula is C11H14N4. The molecule has 2 aromatic heterocycles. The summed E-state index contributed by atoms with van der Waals surface area (Å²) in [5.74, 6) is 0.795. The Hall–Kier alpha value is -1.71. The van der Waals surface area contributed by atoms with Gasteiger partial charge in [0.1, 0.15) is 12.4 Å². The van der Waals surface area contributed by atoms with E-state index in [0.29, 0.717) is 6.54 Å². The van der Waals surface area contributed by atoms with Gasteiger partial charge in [-0.1, -0.05) is 0 Å². The number of aromatic nitrogens is 4. The van der Waals surface area contributed by atoms with Gasteiger partial charge in [-0.25, -0.2) is 9.97 Å². The molecule has 0 aliphatic carbocycles. The molecule has 4 nitrogen and oxygen atoms in total. The van der Waals surface area contributed by atoms with Gasteiger partial charge in [-0.2, -0.15) is 5.10 Å². The van der Waals surface area contributed by atoms with Crippen molar-refractivity contribution in [1.29, 1.82) is 0 Å². The average molecular weight is 202 g/mol. The normalized spacial score (nSPS) is 10.6. The summed E-state index contributed by atoms with van der Waals surface area (Å²) in [7, 11) is 0. The Labute approximate surface area is 89.0 Å². The van der Waals surface area contributed by atoms with E-state index in [9.17, 15) is 0 Å². The van der Waals surface area contributed by atoms with Gasteiger partial charge in [0.25, 0.3) is 0 Å². The Balaban J connectivity index is 2.29. The lowest BCUT2D eigenvalue weighted by atomic mass is 10.2. The summed E-state index contributed by atoms with van der Waals surface area (Å²) in [6.07, 6.45) is 3.50. The summed E-state index contributed by atoms with van der Waals surface area (Å²) in [4.78, 5) is 8.36. The maximum atomic E-state index is 4.44. The third-order valence-electron chi connectivity index (χ3n) is 2.65. The summed E-state index contributed by atoms with van der Waals surface area (Å²) in [5.41, 5.74) is 3.49. The maximum absolute atomic E-state index is 4.44. The molecule has 2 heterocycles. The van der Waals surface area contributed by atoms with Crippen molar-refractivity contribution in [2.24, 2.45) is 0 Å². The Bertz CT molecular complexity index is 459. The van der Waals surface area contributed by atoms with Crippen molar-refractivity contribution in [3.8, 4) is 0 Å². The van der Waals surface area contributed by atoms with E-state index in [1.165, 1.54) is 11.3 Å². The van der Waals surface area contributed by atoms with Crippen molar-refractivity contribution in [2.75, 3.05) is 0 Å². The first-order chi connectivity index (χ1) is 7.18. The quantitative estimate of drug-likeness (QED) is 0.743. The Kier molecular flexibility index (Phi) is 2.49. The largest absolute Gasteiger partial charge is 0.262 e. The number of nitrogens with zero attached hydrogens (tertiary/aromatic N) is 4. The first-order valence-corrected chi connectivity index (χ1v) is 4.95. The molecule has 0 fully saturated rings. The number of aryl methyl sites for hydroxylation is 1. The molecule has 0 saturated carbocycles. The highest BCUT2D eigenvalue weighted by Crippen LogP contribution is 2.11. The monoisotopic (exact) mass is 202 g/mol. The molecule has 0 aromatic carbocycles. The van der Waals surface area contributed by atoms with E-state index in [4.69, 9.17) is 0 Å². The van der Waals surface area contributed by atoms with Crippen molar-refractivity contribution < 1.29 is 0 Å². The lowest BCUT2D eigenvalue weighted by molar-refractivity contribution is 0.631. The van der Waals surface area contributed by atoms with E-state index in [1.54, 1.807) is 12.4 Å². The van der Waals surface area contributed by atoms with E-state index in [2.05, 4.69) is 28.9 Å². The van der Waals surface area contributed by atoms with Gasteiger partial charge in [-0.15, -0.1) is 0 Å². The summed E-state index contributed by atoms with van der Waals surface area (Å²) in [5, 5.41) is 4.44. The second kappa shape index (κ2) is 3.81. The highest BCUT2D eigenvalue weighted by molar-refractivity contribution is 5.22. The molecule has 0 N–H and O–H groups in total. The molecule has 0 spiro atoms. The predicted octanol–water partition coefficient (Wildman–Crippen LogP) is 1.65. The van der Waals surface area contributed by atoms with Gasteiger partial charge in [0.2, 0.25) is 0 Å². The summed E-state index contributed by atoms with van der Waals surface area (Å²) in [6, 6.07) is 1.82. The molecule has 15 heavy (non-hydrogen) atoms. The maximum Gasteiger partial charge on any atom is 0.149 e. The van der Waals surface area contributed by atoms with Gasteiger partial charge < -0.3 is 0 Å². The number of hydrogen-bond donors (Lipinski definition) is 0. The molecule has 78 valence electrons. The smallest absolute Gasteiger partial charge is 0.149 e. The SMILES string of the molecule is Cc1nn(Cc2ncccn2)c(C)c1C. The second-order valence-electron chi connectivity index (χ2n) is 3.62. The molecule has 0 aliphatic rings. The Morgan fingerprint density at radius 3 is 2.33 bits per heavy atom. The molecule has 0 atom stereocenters. The van der Waals surface area contributed by atoms with Crippen LogP contribution in [0.3, 0.4) is 0 Å². The molecule has 0 radical (unpaired) electrons. The first kappa shape index (κ1) is 9.83. The van der Waals surface area contributed by atoms with Gasteiger partial charge in [-0.3, -0.25) is 4.68 Å². The van der Waals surface area contributed by atoms with Crippen LogP contribution in [-0.2, 0) is 6.54 Å². The standard InChI is InChI=1S/C11H14N4/c1-8-9(2)14-15(10(8)3)7-11-12-5-4-6-13-11/h4-6H,7H2,1-3H3. The Morgan fingerprint density at radius 1 is 1.13 bits per heavy atom. The van der Waals surface area contributed by atoms with Crippen LogP contribution in [0.15, 0.2) is 18.5 Å². The minimum atomic E-state index is 0.640. The van der Waals surface area contributed by atoms with Crippen LogP contribution in [0, 0.1) is 20.8 Å². The van der Waals surface area contributed by atoms with Crippen LogP contribution in [0.25, 0.3) is 0 Å². The molecule has 0 amide bonds. The van der Waals surface area contributed by atoms with E-state index in [1.807, 2.05) is 17.7 Å². The molecule has 0 aliphatic heterocycles. The van der Waals surface area contributed by atoms with Gasteiger partial charge in [-0.05, 0) is 32.4 Å². The fraction of sp³-hybridized carbons (Fsp3) is 0.364. The third kappa shape index (κ3) is 1.88. The van der Waals surface area contributed by atoms with E-state index >= 15 is 0 Å². The summed E-state index contributed by atoms with van der Waals surface area (Å²) < 4.78 is 1.94. The topological polar surface area (TPSA) is 43.6 Å². The van der Waals surface area contributed by atoms with E-state index in [-0.39, 0.29) is 0 Å². The number of hydrogen-bond acceptors (Lipinski definition) is 3. The van der Waals surface area contributed by atoms with Crippen LogP contribution >= 0.6 is 0 Å². The molecule has 2 aromatic rings. The van der Waals surface area contributed by atoms with Gasteiger partial charge in [0.15, 0.2) is 0 Å². The fourth-order valence-electron chi connectivity index (χ4n) is 1.49. The van der Waals surface area contributed by atoms with Crippen molar-refractivity contribution >= 4 is 0 Å². The van der Waals surface area contributed by atoms with Crippen LogP contribution in [0.5, 0.6) is 0 Å². The zero-order valence-corrected chi connectivity index (χ0v) is 9.23. The lowest BCUT2D eigenvalue weighted by Crippen LogP contribution is -2.07. The van der Waals surface area contributed by atoms with Crippen molar-refractivity contribution in [3.05, 3.63) is 41.2 Å². The summed E-state index contributed by atoms with van der Waals surface area (Å²) >= 11 is 0. The highest BCUT2D eigenvalue weighted by atomic mass is 15.3. The zero-order valence-electron chi connectivity index (χ0n) is 9.23. The van der Waals surface area contributed by atoms with Crippen LogP contribution in [-0.4, -0.2) is 19.7 Å². The molecule has 4 heteroatoms. The first-order valence-electron chi connectivity index (χ1n) is 4.95.